The smallest absolute Gasteiger partial charge is 0.261 e. The van der Waals surface area contributed by atoms with Crippen molar-refractivity contribution in [2.45, 2.75) is 50.7 Å². The van der Waals surface area contributed by atoms with E-state index in [1.54, 1.807) is 41.3 Å². The van der Waals surface area contributed by atoms with Crippen molar-refractivity contribution >= 4 is 51.1 Å². The molecule has 1 atom stereocenters. The van der Waals surface area contributed by atoms with Gasteiger partial charge in [-0.15, -0.1) is 0 Å². The topological polar surface area (TPSA) is 173 Å². The average molecular weight is 782 g/mol. The molecule has 0 spiro atoms. The molecule has 6 rings (SSSR count). The number of nitrogens with two attached hydrogens (primary N) is 1. The molecule has 1 fully saturated rings. The molecular weight excluding hydrogens is 734 g/mol. The van der Waals surface area contributed by atoms with Crippen molar-refractivity contribution in [3.05, 3.63) is 111 Å². The number of amides is 3. The van der Waals surface area contributed by atoms with Gasteiger partial charge in [-0.05, 0) is 82.4 Å². The molecule has 3 heterocycles. The van der Waals surface area contributed by atoms with E-state index in [9.17, 15) is 24.3 Å². The molecule has 2 aromatic heterocycles. The molecule has 3 aromatic carbocycles. The molecule has 0 saturated carbocycles. The Kier molecular flexibility index (Phi) is 13.0. The van der Waals surface area contributed by atoms with Crippen LogP contribution in [0.3, 0.4) is 0 Å². The van der Waals surface area contributed by atoms with Crippen LogP contribution in [0, 0.1) is 5.92 Å². The van der Waals surface area contributed by atoms with E-state index in [4.69, 9.17) is 22.1 Å². The number of nitrogens with one attached hydrogen (secondary N) is 1. The highest BCUT2D eigenvalue weighted by Crippen LogP contribution is 2.28. The van der Waals surface area contributed by atoms with Crippen molar-refractivity contribution in [2.75, 3.05) is 46.9 Å². The summed E-state index contributed by atoms with van der Waals surface area (Å²) in [6.45, 7) is 2.59. The molecule has 4 N–H and O–H groups in total. The fraction of sp³-hybridized carbons (Fsp3) is 0.381. The Balaban J connectivity index is 1.04. The molecule has 1 aliphatic heterocycles. The van der Waals surface area contributed by atoms with E-state index < -0.39 is 11.5 Å². The monoisotopic (exact) mass is 781 g/mol. The number of hydrogen-bond acceptors (Lipinski definition) is 9. The first kappa shape index (κ1) is 40.3. The Hall–Kier alpha value is -5.37. The molecule has 0 bridgehead atoms. The molecule has 5 aromatic rings. The summed E-state index contributed by atoms with van der Waals surface area (Å²) in [6.07, 6.45) is 5.92. The van der Waals surface area contributed by atoms with Crippen molar-refractivity contribution in [3.8, 4) is 5.75 Å². The molecule has 294 valence electrons. The maximum atomic E-state index is 14.0. The van der Waals surface area contributed by atoms with E-state index in [0.717, 1.165) is 18.5 Å². The summed E-state index contributed by atoms with van der Waals surface area (Å²) in [5, 5.41) is 15.7. The number of carbonyl (C=O) groups is 3. The number of nitrogens with zero attached hydrogens (tertiary/aromatic N) is 5. The summed E-state index contributed by atoms with van der Waals surface area (Å²) in [5.41, 5.74) is 6.48. The minimum atomic E-state index is -1.18. The lowest BCUT2D eigenvalue weighted by Crippen LogP contribution is -2.51. The Morgan fingerprint density at radius 3 is 2.46 bits per heavy atom. The lowest BCUT2D eigenvalue weighted by molar-refractivity contribution is -0.140. The number of benzene rings is 3. The van der Waals surface area contributed by atoms with E-state index in [0.29, 0.717) is 91.5 Å². The summed E-state index contributed by atoms with van der Waals surface area (Å²) in [7, 11) is 4.03. The third kappa shape index (κ3) is 9.89. The molecule has 1 saturated heterocycles. The van der Waals surface area contributed by atoms with Gasteiger partial charge in [0.1, 0.15) is 5.75 Å². The molecular formula is C42H48ClN7O6. The van der Waals surface area contributed by atoms with E-state index in [2.05, 4.69) is 20.2 Å². The van der Waals surface area contributed by atoms with Crippen molar-refractivity contribution < 1.29 is 24.2 Å². The number of aliphatic hydroxyl groups is 1. The van der Waals surface area contributed by atoms with Gasteiger partial charge in [-0.25, -0.2) is 4.98 Å². The molecule has 0 unspecified atom stereocenters. The zero-order valence-corrected chi connectivity index (χ0v) is 32.5. The van der Waals surface area contributed by atoms with Gasteiger partial charge in [-0.2, -0.15) is 0 Å². The van der Waals surface area contributed by atoms with Gasteiger partial charge in [0.15, 0.2) is 0 Å². The van der Waals surface area contributed by atoms with Crippen LogP contribution in [0.25, 0.3) is 21.8 Å². The number of pyridine rings is 1. The number of halogens is 1. The zero-order chi connectivity index (χ0) is 39.8. The number of aromatic nitrogens is 3. The predicted molar refractivity (Wildman–Crippen MR) is 216 cm³/mol. The first-order valence-corrected chi connectivity index (χ1v) is 19.3. The number of primary amides is 1. The molecule has 56 heavy (non-hydrogen) atoms. The highest BCUT2D eigenvalue weighted by Gasteiger charge is 2.36. The fourth-order valence-electron chi connectivity index (χ4n) is 7.12. The summed E-state index contributed by atoms with van der Waals surface area (Å²) in [4.78, 5) is 64.7. The molecule has 3 amide bonds. The van der Waals surface area contributed by atoms with Crippen molar-refractivity contribution in [3.63, 3.8) is 0 Å². The maximum Gasteiger partial charge on any atom is 0.261 e. The third-order valence-electron chi connectivity index (χ3n) is 10.3. The number of hydrogen-bond donors (Lipinski definition) is 3. The fourth-order valence-corrected chi connectivity index (χ4v) is 7.43. The minimum Gasteiger partial charge on any atom is -0.493 e. The Bertz CT molecular complexity index is 2260. The van der Waals surface area contributed by atoms with Crippen LogP contribution >= 0.6 is 11.6 Å². The third-order valence-corrected chi connectivity index (χ3v) is 10.7. The highest BCUT2D eigenvalue weighted by atomic mass is 35.5. The van der Waals surface area contributed by atoms with Crippen molar-refractivity contribution in [1.29, 1.82) is 0 Å². The van der Waals surface area contributed by atoms with Gasteiger partial charge < -0.3 is 30.7 Å². The number of fused-ring (bicyclic) bond motifs is 2. The number of likely N-dealkylation sites (tertiary alicyclic amines) is 1. The van der Waals surface area contributed by atoms with Gasteiger partial charge in [-0.1, -0.05) is 48.0 Å². The van der Waals surface area contributed by atoms with Crippen LogP contribution < -0.4 is 21.3 Å². The lowest BCUT2D eigenvalue weighted by atomic mass is 9.88. The van der Waals surface area contributed by atoms with Crippen LogP contribution in [0.2, 0.25) is 5.02 Å². The van der Waals surface area contributed by atoms with Gasteiger partial charge in [0, 0.05) is 55.3 Å². The molecule has 1 aliphatic rings. The maximum absolute atomic E-state index is 14.0. The number of carbonyl (C=O) groups excluding carboxylic acids is 3. The van der Waals surface area contributed by atoms with Gasteiger partial charge in [0.05, 0.1) is 52.1 Å². The van der Waals surface area contributed by atoms with E-state index >= 15 is 0 Å². The van der Waals surface area contributed by atoms with Crippen LogP contribution in [0.1, 0.15) is 58.4 Å². The lowest BCUT2D eigenvalue weighted by Gasteiger charge is -2.39. The summed E-state index contributed by atoms with van der Waals surface area (Å²) in [6, 6.07) is 19.9. The molecule has 0 radical (unpaired) electrons. The Morgan fingerprint density at radius 1 is 1.00 bits per heavy atom. The quantitative estimate of drug-likeness (QED) is 0.122. The number of rotatable bonds is 16. The molecule has 13 nitrogen and oxygen atoms in total. The Labute approximate surface area is 330 Å². The normalized spacial score (nSPS) is 14.6. The van der Waals surface area contributed by atoms with Gasteiger partial charge >= 0.3 is 0 Å². The summed E-state index contributed by atoms with van der Waals surface area (Å²) in [5.74, 6) is -0.659. The van der Waals surface area contributed by atoms with E-state index in [-0.39, 0.29) is 40.4 Å². The molecule has 0 aliphatic carbocycles. The van der Waals surface area contributed by atoms with Gasteiger partial charge in [-0.3, -0.25) is 28.7 Å². The minimum absolute atomic E-state index is 0.000631. The summed E-state index contributed by atoms with van der Waals surface area (Å²) >= 11 is 6.33. The molecule has 14 heteroatoms. The Morgan fingerprint density at radius 2 is 1.73 bits per heavy atom. The van der Waals surface area contributed by atoms with E-state index in [1.807, 2.05) is 44.4 Å². The van der Waals surface area contributed by atoms with Crippen LogP contribution in [-0.2, 0) is 17.8 Å². The second-order valence-corrected chi connectivity index (χ2v) is 15.2. The highest BCUT2D eigenvalue weighted by molar-refractivity contribution is 6.38. The zero-order valence-electron chi connectivity index (χ0n) is 31.7. The second-order valence-electron chi connectivity index (χ2n) is 14.8. The summed E-state index contributed by atoms with van der Waals surface area (Å²) < 4.78 is 7.30. The first-order valence-electron chi connectivity index (χ1n) is 18.9. The number of ether oxygens (including phenoxy) is 1. The van der Waals surface area contributed by atoms with Gasteiger partial charge in [0.25, 0.3) is 17.4 Å². The largest absolute Gasteiger partial charge is 0.493 e. The van der Waals surface area contributed by atoms with Crippen molar-refractivity contribution in [2.24, 2.45) is 11.7 Å². The number of piperidine rings is 1. The SMILES string of the molecule is CN(C)CCCOc1ccc2c(=O)n(CC3(O)CCN(C(=O)[C@H](CCCNC(=O)c4ccc5c(Cl)c(C(N)=O)cnc5c4)Cc4ccccc4)CC3)cnc2c1. The van der Waals surface area contributed by atoms with E-state index in [1.165, 1.54) is 17.1 Å². The second kappa shape index (κ2) is 18.1. The first-order chi connectivity index (χ1) is 26.9. The standard InChI is InChI=1S/C42H48ClN7O6/c1-48(2)18-7-21-56-31-12-14-33-36(24-31)47-27-50(41(33)54)26-42(55)15-19-49(20-16-42)40(53)30(22-28-8-4-3-5-9-28)10-6-17-45-39(52)29-11-13-32-35(23-29)46-25-34(37(32)43)38(44)51/h3-5,8-9,11-14,23-25,27,30,55H,6-7,10,15-22,26H2,1-2H3,(H2,44,51)(H,45,52)/t30-/m1/s1. The van der Waals surface area contributed by atoms with Crippen LogP contribution in [0.15, 0.2) is 84.0 Å². The van der Waals surface area contributed by atoms with Crippen LogP contribution in [0.5, 0.6) is 5.75 Å². The average Bonchev–Trinajstić information content (AvgIpc) is 3.19. The predicted octanol–water partition coefficient (Wildman–Crippen LogP) is 4.45. The van der Waals surface area contributed by atoms with Gasteiger partial charge in [0.2, 0.25) is 5.91 Å². The van der Waals surface area contributed by atoms with Crippen molar-refractivity contribution in [1.82, 2.24) is 29.7 Å². The van der Waals surface area contributed by atoms with Crippen LogP contribution in [0.4, 0.5) is 0 Å². The van der Waals surface area contributed by atoms with Crippen LogP contribution in [-0.4, -0.2) is 99.6 Å².